The van der Waals surface area contributed by atoms with Crippen LogP contribution in [0.3, 0.4) is 0 Å². The first-order valence-electron chi connectivity index (χ1n) is 9.22. The van der Waals surface area contributed by atoms with E-state index in [0.717, 1.165) is 27.8 Å². The van der Waals surface area contributed by atoms with Crippen molar-refractivity contribution >= 4 is 11.8 Å². The van der Waals surface area contributed by atoms with Gasteiger partial charge in [0.05, 0.1) is 0 Å². The fourth-order valence-electron chi connectivity index (χ4n) is 3.36. The average Bonchev–Trinajstić information content (AvgIpc) is 2.61. The molecule has 0 unspecified atom stereocenters. The van der Waals surface area contributed by atoms with Gasteiger partial charge < -0.3 is 0 Å². The molecule has 0 saturated heterocycles. The highest BCUT2D eigenvalue weighted by Crippen LogP contribution is 2.12. The first kappa shape index (κ1) is 19.5. The van der Waals surface area contributed by atoms with Crippen LogP contribution in [0, 0.1) is 34.6 Å². The summed E-state index contributed by atoms with van der Waals surface area (Å²) < 4.78 is 1.45. The van der Waals surface area contributed by atoms with E-state index < -0.39 is 0 Å². The van der Waals surface area contributed by atoms with Crippen molar-refractivity contribution < 1.29 is 9.59 Å². The maximum atomic E-state index is 13.1. The third-order valence-corrected chi connectivity index (χ3v) is 4.45. The fraction of sp³-hybridized carbons (Fsp3) is 0.208. The molecule has 0 aliphatic carbocycles. The van der Waals surface area contributed by atoms with Crippen LogP contribution < -0.4 is 5.49 Å². The van der Waals surface area contributed by atoms with E-state index in [-0.39, 0.29) is 11.8 Å². The van der Waals surface area contributed by atoms with Gasteiger partial charge in [-0.15, -0.1) is 0 Å². The summed E-state index contributed by atoms with van der Waals surface area (Å²) in [7, 11) is 0. The Morgan fingerprint density at radius 2 is 1.18 bits per heavy atom. The molecule has 3 rings (SSSR count). The summed E-state index contributed by atoms with van der Waals surface area (Å²) in [5.74, 6) is -0.569. The molecule has 0 aliphatic heterocycles. The number of nitrogens with zero attached hydrogens (tertiary/aromatic N) is 2. The van der Waals surface area contributed by atoms with Crippen LogP contribution in [0.15, 0.2) is 59.7 Å². The number of benzene rings is 2. The monoisotopic (exact) mass is 372 g/mol. The quantitative estimate of drug-likeness (QED) is 0.667. The highest BCUT2D eigenvalue weighted by Gasteiger charge is 2.12. The normalized spacial score (nSPS) is 11.5. The fourth-order valence-corrected chi connectivity index (χ4v) is 3.36. The highest BCUT2D eigenvalue weighted by molar-refractivity contribution is 5.97. The van der Waals surface area contributed by atoms with Gasteiger partial charge in [-0.1, -0.05) is 40.5 Å². The molecule has 0 spiro atoms. The number of amides is 1. The molecular weight excluding hydrogens is 348 g/mol. The molecule has 0 fully saturated rings. The van der Waals surface area contributed by atoms with Crippen LogP contribution in [0.5, 0.6) is 0 Å². The van der Waals surface area contributed by atoms with Crippen LogP contribution in [0.4, 0.5) is 0 Å². The summed E-state index contributed by atoms with van der Waals surface area (Å²) in [6, 6.07) is 14.9. The number of hydrogen-bond acceptors (Lipinski definition) is 2. The second-order valence-corrected chi connectivity index (χ2v) is 7.41. The summed E-state index contributed by atoms with van der Waals surface area (Å²) >= 11 is 0. The van der Waals surface area contributed by atoms with Gasteiger partial charge in [0.25, 0.3) is 11.8 Å². The molecule has 0 saturated carbocycles. The van der Waals surface area contributed by atoms with Crippen LogP contribution in [-0.2, 0) is 0 Å². The minimum Gasteiger partial charge on any atom is -0.268 e. The van der Waals surface area contributed by atoms with Gasteiger partial charge in [-0.3, -0.25) is 14.2 Å². The van der Waals surface area contributed by atoms with Crippen LogP contribution in [0.2, 0.25) is 0 Å². The highest BCUT2D eigenvalue weighted by atomic mass is 16.2. The lowest BCUT2D eigenvalue weighted by Crippen LogP contribution is -2.28. The van der Waals surface area contributed by atoms with E-state index in [1.165, 1.54) is 4.57 Å². The van der Waals surface area contributed by atoms with Crippen molar-refractivity contribution in [2.24, 2.45) is 4.99 Å². The first-order valence-corrected chi connectivity index (χ1v) is 9.22. The zero-order valence-electron chi connectivity index (χ0n) is 16.9. The van der Waals surface area contributed by atoms with Crippen LogP contribution in [0.1, 0.15) is 48.5 Å². The second kappa shape index (κ2) is 7.77. The molecule has 2 aromatic carbocycles. The Bertz CT molecular complexity index is 1110. The van der Waals surface area contributed by atoms with Crippen molar-refractivity contribution in [2.45, 2.75) is 34.6 Å². The van der Waals surface area contributed by atoms with Crippen molar-refractivity contribution in [3.8, 4) is 0 Å². The van der Waals surface area contributed by atoms with Crippen LogP contribution in [-0.4, -0.2) is 16.4 Å². The third kappa shape index (κ3) is 4.34. The molecule has 1 amide bonds. The predicted octanol–water partition coefficient (Wildman–Crippen LogP) is 4.46. The van der Waals surface area contributed by atoms with Crippen molar-refractivity contribution in [1.29, 1.82) is 0 Å². The molecule has 0 atom stereocenters. The van der Waals surface area contributed by atoms with Crippen molar-refractivity contribution in [3.63, 3.8) is 0 Å². The molecule has 4 heteroatoms. The van der Waals surface area contributed by atoms with Crippen molar-refractivity contribution in [3.05, 3.63) is 99.2 Å². The summed E-state index contributed by atoms with van der Waals surface area (Å²) in [6.45, 7) is 9.71. The van der Waals surface area contributed by atoms with Gasteiger partial charge in [-0.25, -0.2) is 0 Å². The zero-order valence-corrected chi connectivity index (χ0v) is 16.9. The number of carbonyl (C=O) groups is 2. The number of hydrogen-bond donors (Lipinski definition) is 0. The van der Waals surface area contributed by atoms with E-state index in [0.29, 0.717) is 16.6 Å². The lowest BCUT2D eigenvalue weighted by atomic mass is 10.1. The smallest absolute Gasteiger partial charge is 0.268 e. The number of carbonyl (C=O) groups excluding carboxylic acids is 2. The maximum absolute atomic E-state index is 13.1. The van der Waals surface area contributed by atoms with Gasteiger partial charge in [0.1, 0.15) is 5.49 Å². The molecule has 1 heterocycles. The van der Waals surface area contributed by atoms with E-state index in [1.807, 2.05) is 77.1 Å². The van der Waals surface area contributed by atoms with Gasteiger partial charge in [0, 0.05) is 17.3 Å². The largest absolute Gasteiger partial charge is 0.278 e. The Morgan fingerprint density at radius 3 is 1.71 bits per heavy atom. The Balaban J connectivity index is 2.11. The number of aryl methyl sites for hydroxylation is 5. The van der Waals surface area contributed by atoms with E-state index in [1.54, 1.807) is 12.3 Å². The molecule has 1 aromatic heterocycles. The zero-order chi connectivity index (χ0) is 20.4. The van der Waals surface area contributed by atoms with E-state index in [9.17, 15) is 9.59 Å². The minimum atomic E-state index is -0.363. The summed E-state index contributed by atoms with van der Waals surface area (Å²) in [4.78, 5) is 30.1. The average molecular weight is 372 g/mol. The van der Waals surface area contributed by atoms with Crippen LogP contribution >= 0.6 is 0 Å². The first-order chi connectivity index (χ1) is 13.2. The van der Waals surface area contributed by atoms with Crippen molar-refractivity contribution in [1.82, 2.24) is 4.57 Å². The molecular formula is C24H24N2O2. The van der Waals surface area contributed by atoms with Gasteiger partial charge in [0.2, 0.25) is 0 Å². The van der Waals surface area contributed by atoms with Crippen molar-refractivity contribution in [2.75, 3.05) is 0 Å². The molecule has 0 N–H and O–H groups in total. The Hall–Kier alpha value is -3.27. The van der Waals surface area contributed by atoms with Gasteiger partial charge in [0.15, 0.2) is 0 Å². The number of pyridine rings is 1. The summed E-state index contributed by atoms with van der Waals surface area (Å²) in [5.41, 5.74) is 6.35. The van der Waals surface area contributed by atoms with Crippen LogP contribution in [0.25, 0.3) is 0 Å². The second-order valence-electron chi connectivity index (χ2n) is 7.41. The topological polar surface area (TPSA) is 51.4 Å². The van der Waals surface area contributed by atoms with Gasteiger partial charge in [-0.2, -0.15) is 4.99 Å². The molecule has 3 aromatic rings. The summed E-state index contributed by atoms with van der Waals surface area (Å²) in [5, 5.41) is 0. The van der Waals surface area contributed by atoms with E-state index in [2.05, 4.69) is 4.99 Å². The molecule has 142 valence electrons. The predicted molar refractivity (Wildman–Crippen MR) is 111 cm³/mol. The van der Waals surface area contributed by atoms with E-state index in [4.69, 9.17) is 0 Å². The molecule has 0 bridgehead atoms. The molecule has 28 heavy (non-hydrogen) atoms. The van der Waals surface area contributed by atoms with Gasteiger partial charge in [-0.05, 0) is 70.5 Å². The molecule has 0 aliphatic rings. The molecule has 0 radical (unpaired) electrons. The third-order valence-electron chi connectivity index (χ3n) is 4.45. The maximum Gasteiger partial charge on any atom is 0.278 e. The molecule has 4 nitrogen and oxygen atoms in total. The Morgan fingerprint density at radius 1 is 0.679 bits per heavy atom. The SMILES string of the molecule is Cc1cc(C)cc(C(=O)N=c2ccc(C)cn2C(=O)c2cc(C)cc(C)c2)c1. The Kier molecular flexibility index (Phi) is 5.41. The standard InChI is InChI=1S/C24H24N2O2/c1-15-6-7-22(25-23(27)20-10-16(2)8-17(3)11-20)26(14-15)24(28)21-12-18(4)9-19(5)13-21/h6-14H,1-5H3. The number of aromatic nitrogens is 1. The summed E-state index contributed by atoms with van der Waals surface area (Å²) in [6.07, 6.45) is 1.72. The Labute approximate surface area is 165 Å². The lowest BCUT2D eigenvalue weighted by Gasteiger charge is -2.09. The van der Waals surface area contributed by atoms with E-state index >= 15 is 0 Å². The minimum absolute atomic E-state index is 0.206. The van der Waals surface area contributed by atoms with Gasteiger partial charge >= 0.3 is 0 Å². The lowest BCUT2D eigenvalue weighted by molar-refractivity contribution is 0.0953. The number of rotatable bonds is 2.